The molecule has 1 aromatic rings. The molecule has 0 aliphatic rings. The van der Waals surface area contributed by atoms with E-state index in [9.17, 15) is 18.8 Å². The van der Waals surface area contributed by atoms with Gasteiger partial charge in [-0.25, -0.2) is 14.0 Å². The normalized spacial score (nSPS) is 10.1. The van der Waals surface area contributed by atoms with E-state index in [1.807, 2.05) is 19.2 Å². The van der Waals surface area contributed by atoms with Gasteiger partial charge in [-0.1, -0.05) is 19.9 Å². The Kier molecular flexibility index (Phi) is 6.32. The first kappa shape index (κ1) is 16.6. The number of esters is 1. The van der Waals surface area contributed by atoms with Crippen LogP contribution in [0, 0.1) is 11.7 Å². The van der Waals surface area contributed by atoms with E-state index >= 15 is 0 Å². The molecule has 0 saturated carbocycles. The predicted octanol–water partition coefficient (Wildman–Crippen LogP) is 1.46. The lowest BCUT2D eigenvalue weighted by molar-refractivity contribution is -0.123. The van der Waals surface area contributed by atoms with Crippen LogP contribution in [-0.4, -0.2) is 31.1 Å². The molecule has 21 heavy (non-hydrogen) atoms. The van der Waals surface area contributed by atoms with E-state index in [1.54, 1.807) is 0 Å². The number of carbonyl (C=O) groups excluding carboxylic acids is 3. The van der Waals surface area contributed by atoms with E-state index in [1.165, 1.54) is 18.2 Å². The Morgan fingerprint density at radius 3 is 2.62 bits per heavy atom. The van der Waals surface area contributed by atoms with E-state index in [4.69, 9.17) is 0 Å². The zero-order chi connectivity index (χ0) is 15.8. The van der Waals surface area contributed by atoms with Gasteiger partial charge in [0.2, 0.25) is 0 Å². The maximum Gasteiger partial charge on any atom is 0.338 e. The first-order chi connectivity index (χ1) is 9.88. The van der Waals surface area contributed by atoms with Crippen molar-refractivity contribution in [1.82, 2.24) is 10.6 Å². The predicted molar refractivity (Wildman–Crippen MR) is 73.1 cm³/mol. The zero-order valence-corrected chi connectivity index (χ0v) is 11.8. The second-order valence-electron chi connectivity index (χ2n) is 4.74. The molecule has 0 heterocycles. The van der Waals surface area contributed by atoms with Crippen molar-refractivity contribution in [2.75, 3.05) is 13.2 Å². The summed E-state index contributed by atoms with van der Waals surface area (Å²) in [5.41, 5.74) is -0.00735. The van der Waals surface area contributed by atoms with Crippen LogP contribution in [-0.2, 0) is 9.53 Å². The minimum atomic E-state index is -0.841. The molecule has 6 nitrogen and oxygen atoms in total. The fraction of sp³-hybridized carbons (Fsp3) is 0.357. The Hall–Kier alpha value is -2.44. The highest BCUT2D eigenvalue weighted by molar-refractivity contribution is 5.96. The van der Waals surface area contributed by atoms with Crippen LogP contribution in [0.4, 0.5) is 9.18 Å². The number of amides is 3. The number of nitrogens with one attached hydrogen (secondary N) is 2. The van der Waals surface area contributed by atoms with Gasteiger partial charge in [-0.15, -0.1) is 0 Å². The van der Waals surface area contributed by atoms with Crippen molar-refractivity contribution in [1.29, 1.82) is 0 Å². The lowest BCUT2D eigenvalue weighted by Crippen LogP contribution is -2.42. The number of hydrogen-bond donors (Lipinski definition) is 2. The molecule has 0 spiro atoms. The highest BCUT2D eigenvalue weighted by Gasteiger charge is 2.12. The molecule has 114 valence electrons. The Bertz CT molecular complexity index is 531. The van der Waals surface area contributed by atoms with Crippen LogP contribution in [0.5, 0.6) is 0 Å². The summed E-state index contributed by atoms with van der Waals surface area (Å²) in [7, 11) is 0. The minimum absolute atomic E-state index is 0.00735. The van der Waals surface area contributed by atoms with Crippen molar-refractivity contribution in [3.63, 3.8) is 0 Å². The molecule has 2 N–H and O–H groups in total. The number of benzene rings is 1. The molecular weight excluding hydrogens is 279 g/mol. The molecule has 3 amide bonds. The standard InChI is InChI=1S/C14H17FN2O4/c1-9(2)7-16-14(20)17-12(18)8-21-13(19)10-4-3-5-11(15)6-10/h3-6,9H,7-8H2,1-2H3,(H2,16,17,18,20). The van der Waals surface area contributed by atoms with Crippen molar-refractivity contribution in [3.05, 3.63) is 35.6 Å². The first-order valence-electron chi connectivity index (χ1n) is 6.39. The van der Waals surface area contributed by atoms with Crippen LogP contribution in [0.1, 0.15) is 24.2 Å². The van der Waals surface area contributed by atoms with Crippen molar-refractivity contribution in [3.8, 4) is 0 Å². The van der Waals surface area contributed by atoms with Crippen LogP contribution in [0.25, 0.3) is 0 Å². The molecule has 0 aromatic heterocycles. The van der Waals surface area contributed by atoms with E-state index in [0.717, 1.165) is 6.07 Å². The molecule has 0 unspecified atom stereocenters. The first-order valence-corrected chi connectivity index (χ1v) is 6.39. The highest BCUT2D eigenvalue weighted by Crippen LogP contribution is 2.04. The number of halogens is 1. The third-order valence-electron chi connectivity index (χ3n) is 2.32. The largest absolute Gasteiger partial charge is 0.452 e. The molecule has 1 aromatic carbocycles. The summed E-state index contributed by atoms with van der Waals surface area (Å²) in [5, 5.41) is 4.49. The molecule has 7 heteroatoms. The van der Waals surface area contributed by atoms with E-state index in [-0.39, 0.29) is 11.5 Å². The molecule has 1 rings (SSSR count). The van der Waals surface area contributed by atoms with Crippen molar-refractivity contribution in [2.24, 2.45) is 5.92 Å². The number of ether oxygens (including phenoxy) is 1. The van der Waals surface area contributed by atoms with Gasteiger partial charge >= 0.3 is 12.0 Å². The van der Waals surface area contributed by atoms with Gasteiger partial charge in [0.1, 0.15) is 5.82 Å². The maximum atomic E-state index is 12.9. The van der Waals surface area contributed by atoms with Gasteiger partial charge in [-0.3, -0.25) is 10.1 Å². The molecule has 0 saturated heterocycles. The van der Waals surface area contributed by atoms with Gasteiger partial charge in [0.05, 0.1) is 5.56 Å². The molecular formula is C14H17FN2O4. The second kappa shape index (κ2) is 7.98. The second-order valence-corrected chi connectivity index (χ2v) is 4.74. The Morgan fingerprint density at radius 2 is 2.00 bits per heavy atom. The summed E-state index contributed by atoms with van der Waals surface area (Å²) in [6.07, 6.45) is 0. The third-order valence-corrected chi connectivity index (χ3v) is 2.32. The lowest BCUT2D eigenvalue weighted by Gasteiger charge is -2.09. The summed E-state index contributed by atoms with van der Waals surface area (Å²) in [4.78, 5) is 34.2. The van der Waals surface area contributed by atoms with Crippen LogP contribution >= 0.6 is 0 Å². The lowest BCUT2D eigenvalue weighted by atomic mass is 10.2. The number of carbonyl (C=O) groups is 3. The van der Waals surface area contributed by atoms with Crippen LogP contribution < -0.4 is 10.6 Å². The smallest absolute Gasteiger partial charge is 0.338 e. The average molecular weight is 296 g/mol. The fourth-order valence-electron chi connectivity index (χ4n) is 1.33. The quantitative estimate of drug-likeness (QED) is 0.806. The van der Waals surface area contributed by atoms with Gasteiger partial charge in [0.15, 0.2) is 6.61 Å². The molecule has 0 bridgehead atoms. The van der Waals surface area contributed by atoms with Gasteiger partial charge in [0.25, 0.3) is 5.91 Å². The maximum absolute atomic E-state index is 12.9. The third kappa shape index (κ3) is 6.51. The summed E-state index contributed by atoms with van der Waals surface area (Å²) >= 11 is 0. The van der Waals surface area contributed by atoms with E-state index < -0.39 is 30.3 Å². The molecule has 0 fully saturated rings. The molecule has 0 atom stereocenters. The van der Waals surface area contributed by atoms with Gasteiger partial charge < -0.3 is 10.1 Å². The van der Waals surface area contributed by atoms with E-state index in [2.05, 4.69) is 10.1 Å². The number of urea groups is 1. The summed E-state index contributed by atoms with van der Waals surface area (Å²) < 4.78 is 17.6. The zero-order valence-electron chi connectivity index (χ0n) is 11.8. The van der Waals surface area contributed by atoms with Gasteiger partial charge in [-0.05, 0) is 24.1 Å². The minimum Gasteiger partial charge on any atom is -0.452 e. The molecule has 0 aliphatic heterocycles. The van der Waals surface area contributed by atoms with Crippen molar-refractivity contribution < 1.29 is 23.5 Å². The summed E-state index contributed by atoms with van der Waals surface area (Å²) in [5.74, 6) is -1.94. The van der Waals surface area contributed by atoms with Gasteiger partial charge in [-0.2, -0.15) is 0 Å². The van der Waals surface area contributed by atoms with Crippen LogP contribution in [0.15, 0.2) is 24.3 Å². The monoisotopic (exact) mass is 296 g/mol. The summed E-state index contributed by atoms with van der Waals surface area (Å²) in [6, 6.07) is 4.23. The average Bonchev–Trinajstić information content (AvgIpc) is 2.42. The Balaban J connectivity index is 2.36. The highest BCUT2D eigenvalue weighted by atomic mass is 19.1. The molecule has 0 aliphatic carbocycles. The number of hydrogen-bond acceptors (Lipinski definition) is 4. The summed E-state index contributed by atoms with van der Waals surface area (Å²) in [6.45, 7) is 3.61. The fourth-order valence-corrected chi connectivity index (χ4v) is 1.33. The topological polar surface area (TPSA) is 84.5 Å². The van der Waals surface area contributed by atoms with Crippen LogP contribution in [0.3, 0.4) is 0 Å². The number of rotatable bonds is 5. The van der Waals surface area contributed by atoms with Gasteiger partial charge in [0, 0.05) is 6.54 Å². The Morgan fingerprint density at radius 1 is 1.29 bits per heavy atom. The van der Waals surface area contributed by atoms with Crippen LogP contribution in [0.2, 0.25) is 0 Å². The Labute approximate surface area is 121 Å². The SMILES string of the molecule is CC(C)CNC(=O)NC(=O)COC(=O)c1cccc(F)c1. The molecule has 0 radical (unpaired) electrons. The van der Waals surface area contributed by atoms with Crippen molar-refractivity contribution in [2.45, 2.75) is 13.8 Å². The van der Waals surface area contributed by atoms with E-state index in [0.29, 0.717) is 6.54 Å². The van der Waals surface area contributed by atoms with Crippen molar-refractivity contribution >= 4 is 17.9 Å². The number of imide groups is 1.